The van der Waals surface area contributed by atoms with Crippen LogP contribution in [0.1, 0.15) is 5.56 Å². The van der Waals surface area contributed by atoms with Crippen LogP contribution in [-0.4, -0.2) is 11.5 Å². The lowest BCUT2D eigenvalue weighted by Gasteiger charge is -2.08. The fourth-order valence-electron chi connectivity index (χ4n) is 1.52. The van der Waals surface area contributed by atoms with Gasteiger partial charge in [0, 0.05) is 23.4 Å². The van der Waals surface area contributed by atoms with Crippen molar-refractivity contribution >= 4 is 33.2 Å². The van der Waals surface area contributed by atoms with Gasteiger partial charge in [0.1, 0.15) is 0 Å². The van der Waals surface area contributed by atoms with Crippen molar-refractivity contribution in [3.63, 3.8) is 0 Å². The molecule has 1 aromatic heterocycles. The van der Waals surface area contributed by atoms with Crippen LogP contribution in [0.2, 0.25) is 5.02 Å². The first-order chi connectivity index (χ1) is 8.25. The summed E-state index contributed by atoms with van der Waals surface area (Å²) in [5.74, 6) is 0. The molecular formula is C13H12BrClN2. The third-order valence-electron chi connectivity index (χ3n) is 2.41. The lowest BCUT2D eigenvalue weighted by Crippen LogP contribution is -2.05. The molecule has 0 saturated heterocycles. The molecule has 0 spiro atoms. The second-order valence-corrected chi connectivity index (χ2v) is 4.98. The molecule has 0 fully saturated rings. The third kappa shape index (κ3) is 3.72. The van der Waals surface area contributed by atoms with E-state index in [2.05, 4.69) is 26.2 Å². The van der Waals surface area contributed by atoms with Crippen molar-refractivity contribution < 1.29 is 0 Å². The summed E-state index contributed by atoms with van der Waals surface area (Å²) in [5.41, 5.74) is 2.23. The first-order valence-electron chi connectivity index (χ1n) is 5.33. The highest BCUT2D eigenvalue weighted by molar-refractivity contribution is 9.10. The molecule has 2 rings (SSSR count). The first kappa shape index (κ1) is 12.4. The van der Waals surface area contributed by atoms with Gasteiger partial charge < -0.3 is 5.32 Å². The van der Waals surface area contributed by atoms with Crippen LogP contribution in [0.5, 0.6) is 0 Å². The predicted octanol–water partition coefficient (Wildman–Crippen LogP) is 4.15. The molecule has 4 heteroatoms. The number of benzene rings is 1. The molecule has 0 atom stereocenters. The molecule has 2 nitrogen and oxygen atoms in total. The Hall–Kier alpha value is -1.06. The standard InChI is InChI=1S/C13H12BrClN2/c14-11-1-2-13(12(15)9-11)17-8-5-10-3-6-16-7-4-10/h1-4,6-7,9,17H,5,8H2. The van der Waals surface area contributed by atoms with Crippen molar-refractivity contribution in [1.82, 2.24) is 4.98 Å². The van der Waals surface area contributed by atoms with Gasteiger partial charge in [0.25, 0.3) is 0 Å². The number of aromatic nitrogens is 1. The van der Waals surface area contributed by atoms with E-state index in [1.807, 2.05) is 42.7 Å². The van der Waals surface area contributed by atoms with E-state index >= 15 is 0 Å². The number of hydrogen-bond donors (Lipinski definition) is 1. The van der Waals surface area contributed by atoms with E-state index < -0.39 is 0 Å². The maximum absolute atomic E-state index is 6.11. The molecule has 1 N–H and O–H groups in total. The minimum Gasteiger partial charge on any atom is -0.384 e. The van der Waals surface area contributed by atoms with Crippen molar-refractivity contribution in [2.45, 2.75) is 6.42 Å². The third-order valence-corrected chi connectivity index (χ3v) is 3.22. The zero-order valence-corrected chi connectivity index (χ0v) is 11.5. The van der Waals surface area contributed by atoms with Gasteiger partial charge in [0.2, 0.25) is 0 Å². The number of nitrogens with zero attached hydrogens (tertiary/aromatic N) is 1. The quantitative estimate of drug-likeness (QED) is 0.917. The summed E-state index contributed by atoms with van der Waals surface area (Å²) in [6.45, 7) is 0.853. The average Bonchev–Trinajstić information content (AvgIpc) is 2.33. The van der Waals surface area contributed by atoms with Crippen LogP contribution < -0.4 is 5.32 Å². The molecule has 0 amide bonds. The molecule has 2 aromatic rings. The fourth-order valence-corrected chi connectivity index (χ4v) is 2.26. The Balaban J connectivity index is 1.90. The van der Waals surface area contributed by atoms with Crippen molar-refractivity contribution in [3.8, 4) is 0 Å². The summed E-state index contributed by atoms with van der Waals surface area (Å²) in [5, 5.41) is 4.05. The van der Waals surface area contributed by atoms with E-state index in [1.54, 1.807) is 0 Å². The molecule has 17 heavy (non-hydrogen) atoms. The highest BCUT2D eigenvalue weighted by atomic mass is 79.9. The maximum atomic E-state index is 6.11. The van der Waals surface area contributed by atoms with Gasteiger partial charge in [-0.05, 0) is 42.3 Å². The molecule has 1 aromatic carbocycles. The summed E-state index contributed by atoms with van der Waals surface area (Å²) in [6, 6.07) is 9.87. The van der Waals surface area contributed by atoms with Crippen molar-refractivity contribution in [2.24, 2.45) is 0 Å². The van der Waals surface area contributed by atoms with Gasteiger partial charge in [-0.2, -0.15) is 0 Å². The Morgan fingerprint density at radius 3 is 2.65 bits per heavy atom. The minimum absolute atomic E-state index is 0.731. The molecule has 0 bridgehead atoms. The number of rotatable bonds is 4. The van der Waals surface area contributed by atoms with Gasteiger partial charge >= 0.3 is 0 Å². The summed E-state index contributed by atoms with van der Waals surface area (Å²) >= 11 is 9.49. The topological polar surface area (TPSA) is 24.9 Å². The van der Waals surface area contributed by atoms with Crippen LogP contribution in [0.25, 0.3) is 0 Å². The summed E-state index contributed by atoms with van der Waals surface area (Å²) < 4.78 is 0.988. The monoisotopic (exact) mass is 310 g/mol. The Labute approximate surface area is 114 Å². The predicted molar refractivity (Wildman–Crippen MR) is 75.6 cm³/mol. The average molecular weight is 312 g/mol. The van der Waals surface area contributed by atoms with Crippen LogP contribution in [0.15, 0.2) is 47.2 Å². The van der Waals surface area contributed by atoms with Gasteiger partial charge in [-0.25, -0.2) is 0 Å². The summed E-state index contributed by atoms with van der Waals surface area (Å²) in [4.78, 5) is 3.99. The molecule has 1 heterocycles. The van der Waals surface area contributed by atoms with E-state index in [0.717, 1.165) is 28.1 Å². The summed E-state index contributed by atoms with van der Waals surface area (Å²) in [6.07, 6.45) is 4.57. The molecule has 0 aliphatic heterocycles. The molecule has 0 radical (unpaired) electrons. The number of anilines is 1. The van der Waals surface area contributed by atoms with Gasteiger partial charge in [-0.1, -0.05) is 27.5 Å². The lowest BCUT2D eigenvalue weighted by molar-refractivity contribution is 1.01. The van der Waals surface area contributed by atoms with E-state index in [-0.39, 0.29) is 0 Å². The van der Waals surface area contributed by atoms with Crippen LogP contribution in [0, 0.1) is 0 Å². The zero-order valence-electron chi connectivity index (χ0n) is 9.16. The van der Waals surface area contributed by atoms with Gasteiger partial charge in [-0.3, -0.25) is 4.98 Å². The number of nitrogens with one attached hydrogen (secondary N) is 1. The number of pyridine rings is 1. The maximum Gasteiger partial charge on any atom is 0.0648 e. The second kappa shape index (κ2) is 6.03. The number of hydrogen-bond acceptors (Lipinski definition) is 2. The van der Waals surface area contributed by atoms with Gasteiger partial charge in [0.05, 0.1) is 10.7 Å². The lowest BCUT2D eigenvalue weighted by atomic mass is 10.2. The Morgan fingerprint density at radius 2 is 1.94 bits per heavy atom. The van der Waals surface area contributed by atoms with Crippen molar-refractivity contribution in [3.05, 3.63) is 57.8 Å². The van der Waals surface area contributed by atoms with Gasteiger partial charge in [-0.15, -0.1) is 0 Å². The van der Waals surface area contributed by atoms with Crippen molar-refractivity contribution in [2.75, 3.05) is 11.9 Å². The van der Waals surface area contributed by atoms with E-state index in [4.69, 9.17) is 11.6 Å². The van der Waals surface area contributed by atoms with Crippen molar-refractivity contribution in [1.29, 1.82) is 0 Å². The molecule has 0 unspecified atom stereocenters. The Bertz CT molecular complexity index is 488. The van der Waals surface area contributed by atoms with E-state index in [9.17, 15) is 0 Å². The molecule has 88 valence electrons. The normalized spacial score (nSPS) is 10.2. The highest BCUT2D eigenvalue weighted by Crippen LogP contribution is 2.25. The van der Waals surface area contributed by atoms with E-state index in [1.165, 1.54) is 5.56 Å². The minimum atomic E-state index is 0.731. The molecular weight excluding hydrogens is 300 g/mol. The smallest absolute Gasteiger partial charge is 0.0648 e. The Kier molecular flexibility index (Phi) is 4.40. The van der Waals surface area contributed by atoms with Crippen LogP contribution in [0.3, 0.4) is 0 Å². The van der Waals surface area contributed by atoms with Gasteiger partial charge in [0.15, 0.2) is 0 Å². The highest BCUT2D eigenvalue weighted by Gasteiger charge is 2.00. The van der Waals surface area contributed by atoms with Crippen LogP contribution >= 0.6 is 27.5 Å². The van der Waals surface area contributed by atoms with Crippen LogP contribution in [0.4, 0.5) is 5.69 Å². The molecule has 0 aliphatic rings. The molecule has 0 aliphatic carbocycles. The zero-order chi connectivity index (χ0) is 12.1. The largest absolute Gasteiger partial charge is 0.384 e. The van der Waals surface area contributed by atoms with E-state index in [0.29, 0.717) is 0 Å². The fraction of sp³-hybridized carbons (Fsp3) is 0.154. The SMILES string of the molecule is Clc1cc(Br)ccc1NCCc1ccncc1. The second-order valence-electron chi connectivity index (χ2n) is 3.66. The Morgan fingerprint density at radius 1 is 1.18 bits per heavy atom. The number of halogens is 2. The van der Waals surface area contributed by atoms with Crippen LogP contribution in [-0.2, 0) is 6.42 Å². The summed E-state index contributed by atoms with van der Waals surface area (Å²) in [7, 11) is 0. The molecule has 0 saturated carbocycles. The first-order valence-corrected chi connectivity index (χ1v) is 6.50.